The lowest BCUT2D eigenvalue weighted by Crippen LogP contribution is -2.49. The summed E-state index contributed by atoms with van der Waals surface area (Å²) >= 11 is 1.77. The first-order valence-electron chi connectivity index (χ1n) is 4.25. The molecule has 0 spiro atoms. The van der Waals surface area contributed by atoms with E-state index in [1.807, 2.05) is 0 Å². The third-order valence-electron chi connectivity index (χ3n) is 2.09. The van der Waals surface area contributed by atoms with Gasteiger partial charge in [-0.1, -0.05) is 22.0 Å². The molecule has 17 heavy (non-hydrogen) atoms. The number of alkyl halides is 7. The molecule has 1 aromatic rings. The fourth-order valence-corrected chi connectivity index (χ4v) is 1.39. The monoisotopic (exact) mass is 321 g/mol. The van der Waals surface area contributed by atoms with Crippen LogP contribution in [0.5, 0.6) is 0 Å². The third kappa shape index (κ3) is 2.41. The fourth-order valence-electron chi connectivity index (χ4n) is 1.16. The Morgan fingerprint density at radius 3 is 1.76 bits per heavy atom. The number of hydrogen-bond acceptors (Lipinski definition) is 1. The molecule has 0 fully saturated rings. The van der Waals surface area contributed by atoms with E-state index in [2.05, 4.69) is 4.98 Å². The van der Waals surface area contributed by atoms with Crippen LogP contribution in [0.15, 0.2) is 18.3 Å². The molecule has 1 aromatic heterocycles. The predicted molar refractivity (Wildman–Crippen MR) is 51.7 cm³/mol. The van der Waals surface area contributed by atoms with Crippen molar-refractivity contribution in [3.8, 4) is 0 Å². The number of nitrogens with zero attached hydrogens (tertiary/aromatic N) is 1. The van der Waals surface area contributed by atoms with Crippen LogP contribution < -0.4 is 0 Å². The van der Waals surface area contributed by atoms with Crippen molar-refractivity contribution in [2.75, 3.05) is 0 Å². The van der Waals surface area contributed by atoms with E-state index < -0.39 is 22.2 Å². The summed E-state index contributed by atoms with van der Waals surface area (Å²) in [6.45, 7) is 1.46. The van der Waals surface area contributed by atoms with Gasteiger partial charge in [0.15, 0.2) is 0 Å². The van der Waals surface area contributed by atoms with E-state index in [-0.39, 0.29) is 0 Å². The molecule has 0 unspecified atom stereocenters. The maximum absolute atomic E-state index is 12.6. The SMILES string of the molecule is Cc1ccc(C(Br)(C(F)(F)F)C(F)(F)F)cn1. The lowest BCUT2D eigenvalue weighted by Gasteiger charge is -2.32. The van der Waals surface area contributed by atoms with Gasteiger partial charge in [-0.15, -0.1) is 0 Å². The van der Waals surface area contributed by atoms with E-state index in [4.69, 9.17) is 0 Å². The highest BCUT2D eigenvalue weighted by molar-refractivity contribution is 9.09. The molecule has 0 aliphatic rings. The maximum atomic E-state index is 12.6. The van der Waals surface area contributed by atoms with Crippen molar-refractivity contribution in [2.24, 2.45) is 0 Å². The van der Waals surface area contributed by atoms with Crippen molar-refractivity contribution in [1.29, 1.82) is 0 Å². The molecule has 1 rings (SSSR count). The molecule has 0 saturated heterocycles. The van der Waals surface area contributed by atoms with Gasteiger partial charge in [-0.25, -0.2) is 0 Å². The molecule has 0 aromatic carbocycles. The maximum Gasteiger partial charge on any atom is 0.416 e. The standard InChI is InChI=1S/C9H6BrF6N/c1-5-2-3-6(4-17-5)7(10,8(11,12)13)9(14,15)16/h2-4H,1H3. The molecule has 0 atom stereocenters. The molecule has 0 radical (unpaired) electrons. The normalized spacial score (nSPS) is 13.9. The molecule has 0 aliphatic carbocycles. The minimum Gasteiger partial charge on any atom is -0.261 e. The van der Waals surface area contributed by atoms with E-state index in [0.717, 1.165) is 12.1 Å². The Morgan fingerprint density at radius 1 is 1.00 bits per heavy atom. The third-order valence-corrected chi connectivity index (χ3v) is 3.45. The summed E-state index contributed by atoms with van der Waals surface area (Å²) in [4.78, 5) is 3.44. The van der Waals surface area contributed by atoms with Crippen LogP contribution in [-0.4, -0.2) is 17.3 Å². The van der Waals surface area contributed by atoms with Crippen LogP contribution in [0, 0.1) is 6.92 Å². The Kier molecular flexibility index (Phi) is 3.48. The van der Waals surface area contributed by atoms with Gasteiger partial charge in [-0.05, 0) is 13.0 Å². The second-order valence-corrected chi connectivity index (χ2v) is 4.53. The smallest absolute Gasteiger partial charge is 0.261 e. The zero-order valence-corrected chi connectivity index (χ0v) is 9.91. The van der Waals surface area contributed by atoms with Crippen LogP contribution in [0.25, 0.3) is 0 Å². The van der Waals surface area contributed by atoms with Crippen LogP contribution in [0.4, 0.5) is 26.3 Å². The van der Waals surface area contributed by atoms with Crippen LogP contribution in [0.1, 0.15) is 11.3 Å². The van der Waals surface area contributed by atoms with Crippen LogP contribution in [0.2, 0.25) is 0 Å². The topological polar surface area (TPSA) is 12.9 Å². The fraction of sp³-hybridized carbons (Fsp3) is 0.444. The molecule has 0 aliphatic heterocycles. The highest BCUT2D eigenvalue weighted by Gasteiger charge is 2.70. The summed E-state index contributed by atoms with van der Waals surface area (Å²) in [7, 11) is 0. The Morgan fingerprint density at radius 2 is 1.47 bits per heavy atom. The van der Waals surface area contributed by atoms with Gasteiger partial charge in [0.25, 0.3) is 0 Å². The summed E-state index contributed by atoms with van der Waals surface area (Å²) in [6.07, 6.45) is -10.5. The molecule has 8 heteroatoms. The lowest BCUT2D eigenvalue weighted by molar-refractivity contribution is -0.266. The number of pyridine rings is 1. The molecule has 96 valence electrons. The Balaban J connectivity index is 3.41. The van der Waals surface area contributed by atoms with E-state index in [9.17, 15) is 26.3 Å². The van der Waals surface area contributed by atoms with Crippen LogP contribution >= 0.6 is 15.9 Å². The van der Waals surface area contributed by atoms with Gasteiger partial charge in [0, 0.05) is 17.5 Å². The number of hydrogen-bond donors (Lipinski definition) is 0. The zero-order valence-electron chi connectivity index (χ0n) is 8.33. The quantitative estimate of drug-likeness (QED) is 0.560. The van der Waals surface area contributed by atoms with Gasteiger partial charge in [0.05, 0.1) is 0 Å². The van der Waals surface area contributed by atoms with Crippen LogP contribution in [-0.2, 0) is 4.32 Å². The first kappa shape index (κ1) is 14.3. The average molecular weight is 322 g/mol. The van der Waals surface area contributed by atoms with Crippen molar-refractivity contribution in [3.05, 3.63) is 29.6 Å². The molecule has 1 heterocycles. The highest BCUT2D eigenvalue weighted by Crippen LogP contribution is 2.56. The Labute approximate surface area is 101 Å². The summed E-state index contributed by atoms with van der Waals surface area (Å²) in [5.74, 6) is 0. The van der Waals surface area contributed by atoms with E-state index in [1.165, 1.54) is 6.92 Å². The van der Waals surface area contributed by atoms with Crippen molar-refractivity contribution in [3.63, 3.8) is 0 Å². The largest absolute Gasteiger partial charge is 0.416 e. The molecular formula is C9H6BrF6N. The van der Waals surface area contributed by atoms with Gasteiger partial charge in [0.2, 0.25) is 4.32 Å². The number of aromatic nitrogens is 1. The van der Waals surface area contributed by atoms with Crippen molar-refractivity contribution in [1.82, 2.24) is 4.98 Å². The highest BCUT2D eigenvalue weighted by atomic mass is 79.9. The van der Waals surface area contributed by atoms with Crippen LogP contribution in [0.3, 0.4) is 0 Å². The van der Waals surface area contributed by atoms with Crippen molar-refractivity contribution in [2.45, 2.75) is 23.6 Å². The summed E-state index contributed by atoms with van der Waals surface area (Å²) < 4.78 is 71.5. The zero-order chi connectivity index (χ0) is 13.5. The van der Waals surface area contributed by atoms with Gasteiger partial charge in [0.1, 0.15) is 0 Å². The second kappa shape index (κ2) is 4.15. The molecule has 0 saturated carbocycles. The molecule has 1 nitrogen and oxygen atoms in total. The number of aryl methyl sites for hydroxylation is 1. The average Bonchev–Trinajstić information content (AvgIpc) is 2.14. The Hall–Kier alpha value is -0.790. The van der Waals surface area contributed by atoms with Crippen molar-refractivity contribution < 1.29 is 26.3 Å². The molecule has 0 amide bonds. The Bertz CT molecular complexity index is 379. The summed E-state index contributed by atoms with van der Waals surface area (Å²) in [6, 6.07) is 1.83. The molecule has 0 N–H and O–H groups in total. The molecular weight excluding hydrogens is 316 g/mol. The molecule has 0 bridgehead atoms. The predicted octanol–water partition coefficient (Wildman–Crippen LogP) is 4.10. The number of rotatable bonds is 1. The van der Waals surface area contributed by atoms with Gasteiger partial charge < -0.3 is 0 Å². The summed E-state index contributed by atoms with van der Waals surface area (Å²) in [5, 5.41) is 0. The van der Waals surface area contributed by atoms with E-state index in [0.29, 0.717) is 11.9 Å². The summed E-state index contributed by atoms with van der Waals surface area (Å²) in [5.41, 5.74) is -0.670. The lowest BCUT2D eigenvalue weighted by atomic mass is 9.99. The number of halogens is 7. The van der Waals surface area contributed by atoms with Crippen molar-refractivity contribution >= 4 is 15.9 Å². The first-order chi connectivity index (χ1) is 7.50. The second-order valence-electron chi connectivity index (χ2n) is 3.34. The van der Waals surface area contributed by atoms with Gasteiger partial charge in [-0.2, -0.15) is 26.3 Å². The van der Waals surface area contributed by atoms with Gasteiger partial charge >= 0.3 is 12.4 Å². The minimum atomic E-state index is -5.51. The minimum absolute atomic E-state index is 0.327. The van der Waals surface area contributed by atoms with E-state index in [1.54, 1.807) is 15.9 Å². The first-order valence-corrected chi connectivity index (χ1v) is 5.05. The van der Waals surface area contributed by atoms with E-state index >= 15 is 0 Å². The van der Waals surface area contributed by atoms with Gasteiger partial charge in [-0.3, -0.25) is 4.98 Å².